The first kappa shape index (κ1) is 13.3. The molecule has 0 saturated heterocycles. The highest BCUT2D eigenvalue weighted by atomic mass is 35.5. The predicted octanol–water partition coefficient (Wildman–Crippen LogP) is 5.06. The molecule has 1 aromatic heterocycles. The second-order valence-corrected chi connectivity index (χ2v) is 4.55. The van der Waals surface area contributed by atoms with E-state index in [1.54, 1.807) is 0 Å². The van der Waals surface area contributed by atoms with Crippen LogP contribution in [-0.4, -0.2) is 4.98 Å². The van der Waals surface area contributed by atoms with Gasteiger partial charge in [0.25, 0.3) is 0 Å². The van der Waals surface area contributed by atoms with Crippen molar-refractivity contribution in [3.63, 3.8) is 0 Å². The second kappa shape index (κ2) is 5.26. The lowest BCUT2D eigenvalue weighted by Gasteiger charge is -2.08. The van der Waals surface area contributed by atoms with Gasteiger partial charge in [0.15, 0.2) is 5.82 Å². The highest BCUT2D eigenvalue weighted by molar-refractivity contribution is 6.43. The lowest BCUT2D eigenvalue weighted by molar-refractivity contribution is 0.584. The summed E-state index contributed by atoms with van der Waals surface area (Å²) in [5.74, 6) is -1.27. The molecule has 0 amide bonds. The largest absolute Gasteiger partial charge is 0.339 e. The lowest BCUT2D eigenvalue weighted by Crippen LogP contribution is -1.96. The number of halogens is 5. The van der Waals surface area contributed by atoms with Crippen LogP contribution in [0.15, 0.2) is 24.3 Å². The van der Waals surface area contributed by atoms with Crippen LogP contribution in [-0.2, 0) is 0 Å². The minimum absolute atomic E-state index is 0.0421. The van der Waals surface area contributed by atoms with E-state index in [9.17, 15) is 8.78 Å². The topological polar surface area (TPSA) is 24.9 Å². The van der Waals surface area contributed by atoms with Gasteiger partial charge in [0.2, 0.25) is 0 Å². The van der Waals surface area contributed by atoms with E-state index in [1.807, 2.05) is 0 Å². The van der Waals surface area contributed by atoms with Crippen molar-refractivity contribution in [3.05, 3.63) is 51.1 Å². The highest BCUT2D eigenvalue weighted by Gasteiger charge is 2.09. The van der Waals surface area contributed by atoms with Gasteiger partial charge in [-0.3, -0.25) is 0 Å². The van der Waals surface area contributed by atoms with Gasteiger partial charge in [-0.15, -0.1) is 0 Å². The first-order chi connectivity index (χ1) is 8.45. The Morgan fingerprint density at radius 1 is 0.889 bits per heavy atom. The molecule has 0 unspecified atom stereocenters. The Balaban J connectivity index is 2.36. The van der Waals surface area contributed by atoms with Gasteiger partial charge in [-0.25, -0.2) is 13.8 Å². The Kier molecular flexibility index (Phi) is 3.90. The number of nitrogens with one attached hydrogen (secondary N) is 1. The maximum Gasteiger partial charge on any atom is 0.151 e. The molecule has 1 N–H and O–H groups in total. The van der Waals surface area contributed by atoms with Gasteiger partial charge in [-0.05, 0) is 18.2 Å². The van der Waals surface area contributed by atoms with Crippen molar-refractivity contribution in [2.75, 3.05) is 5.32 Å². The fraction of sp³-hybridized carbons (Fsp3) is 0. The summed E-state index contributed by atoms with van der Waals surface area (Å²) < 4.78 is 26.0. The Morgan fingerprint density at radius 2 is 1.50 bits per heavy atom. The Hall–Kier alpha value is -1.10. The molecule has 0 saturated carbocycles. The molecular formula is C11H5Cl3F2N2. The van der Waals surface area contributed by atoms with Crippen molar-refractivity contribution in [1.82, 2.24) is 4.98 Å². The van der Waals surface area contributed by atoms with Gasteiger partial charge >= 0.3 is 0 Å². The van der Waals surface area contributed by atoms with E-state index in [4.69, 9.17) is 34.8 Å². The first-order valence-corrected chi connectivity index (χ1v) is 5.84. The molecule has 1 heterocycles. The molecule has 2 aromatic rings. The molecule has 0 aliphatic carbocycles. The Labute approximate surface area is 116 Å². The molecule has 0 aliphatic heterocycles. The maximum absolute atomic E-state index is 13.0. The van der Waals surface area contributed by atoms with Gasteiger partial charge < -0.3 is 5.32 Å². The average Bonchev–Trinajstić information content (AvgIpc) is 2.24. The van der Waals surface area contributed by atoms with Crippen LogP contribution in [0.2, 0.25) is 15.2 Å². The summed E-state index contributed by atoms with van der Waals surface area (Å²) in [4.78, 5) is 3.87. The van der Waals surface area contributed by atoms with Crippen molar-refractivity contribution in [2.45, 2.75) is 0 Å². The summed E-state index contributed by atoms with van der Waals surface area (Å²) >= 11 is 17.3. The van der Waals surface area contributed by atoms with Crippen LogP contribution in [0.4, 0.5) is 20.3 Å². The summed E-state index contributed by atoms with van der Waals surface area (Å²) in [7, 11) is 0. The molecule has 7 heteroatoms. The van der Waals surface area contributed by atoms with E-state index in [0.29, 0.717) is 0 Å². The number of nitrogens with zero attached hydrogens (tertiary/aromatic N) is 1. The smallest absolute Gasteiger partial charge is 0.151 e. The summed E-state index contributed by atoms with van der Waals surface area (Å²) in [6.45, 7) is 0. The molecule has 0 fully saturated rings. The third kappa shape index (κ3) is 3.02. The van der Waals surface area contributed by atoms with E-state index in [1.165, 1.54) is 6.07 Å². The number of anilines is 2. The maximum atomic E-state index is 13.0. The zero-order valence-electron chi connectivity index (χ0n) is 8.65. The van der Waals surface area contributed by atoms with Gasteiger partial charge in [-0.2, -0.15) is 0 Å². The predicted molar refractivity (Wildman–Crippen MR) is 68.9 cm³/mol. The zero-order chi connectivity index (χ0) is 13.3. The van der Waals surface area contributed by atoms with Crippen LogP contribution in [0.3, 0.4) is 0 Å². The van der Waals surface area contributed by atoms with E-state index >= 15 is 0 Å². The van der Waals surface area contributed by atoms with Crippen molar-refractivity contribution < 1.29 is 8.78 Å². The van der Waals surface area contributed by atoms with E-state index in [-0.39, 0.29) is 26.7 Å². The van der Waals surface area contributed by atoms with Crippen molar-refractivity contribution in [2.24, 2.45) is 0 Å². The number of hydrogen-bond donors (Lipinski definition) is 1. The Morgan fingerprint density at radius 3 is 2.11 bits per heavy atom. The molecule has 0 bridgehead atoms. The molecule has 18 heavy (non-hydrogen) atoms. The second-order valence-electron chi connectivity index (χ2n) is 3.37. The van der Waals surface area contributed by atoms with Gasteiger partial charge in [0.1, 0.15) is 16.8 Å². The first-order valence-electron chi connectivity index (χ1n) is 4.70. The van der Waals surface area contributed by atoms with Gasteiger partial charge in [0.05, 0.1) is 10.0 Å². The number of benzene rings is 1. The van der Waals surface area contributed by atoms with E-state index in [0.717, 1.165) is 18.2 Å². The minimum atomic E-state index is -0.714. The highest BCUT2D eigenvalue weighted by Crippen LogP contribution is 2.30. The van der Waals surface area contributed by atoms with Crippen molar-refractivity contribution in [1.29, 1.82) is 0 Å². The van der Waals surface area contributed by atoms with Crippen LogP contribution in [0.5, 0.6) is 0 Å². The van der Waals surface area contributed by atoms with Crippen LogP contribution in [0.25, 0.3) is 0 Å². The molecule has 0 atom stereocenters. The molecule has 1 aromatic carbocycles. The number of rotatable bonds is 2. The normalized spacial score (nSPS) is 10.5. The molecule has 0 spiro atoms. The number of hydrogen-bond acceptors (Lipinski definition) is 2. The molecule has 0 aliphatic rings. The average molecular weight is 310 g/mol. The van der Waals surface area contributed by atoms with E-state index in [2.05, 4.69) is 10.3 Å². The monoisotopic (exact) mass is 308 g/mol. The van der Waals surface area contributed by atoms with Crippen LogP contribution >= 0.6 is 34.8 Å². The fourth-order valence-corrected chi connectivity index (χ4v) is 1.84. The minimum Gasteiger partial charge on any atom is -0.339 e. The number of pyridine rings is 1. The molecule has 2 nitrogen and oxygen atoms in total. The Bertz CT molecular complexity index is 585. The van der Waals surface area contributed by atoms with Crippen LogP contribution in [0, 0.1) is 11.6 Å². The summed E-state index contributed by atoms with van der Waals surface area (Å²) in [6.07, 6.45) is 0. The van der Waals surface area contributed by atoms with Gasteiger partial charge in [-0.1, -0.05) is 34.8 Å². The molecule has 94 valence electrons. The molecule has 2 rings (SSSR count). The molecule has 0 radical (unpaired) electrons. The molecular weight excluding hydrogens is 304 g/mol. The lowest BCUT2D eigenvalue weighted by atomic mass is 10.3. The number of aromatic nitrogens is 1. The van der Waals surface area contributed by atoms with Crippen molar-refractivity contribution >= 4 is 46.3 Å². The quantitative estimate of drug-likeness (QED) is 0.784. The third-order valence-electron chi connectivity index (χ3n) is 2.01. The van der Waals surface area contributed by atoms with E-state index < -0.39 is 11.6 Å². The standard InChI is InChI=1S/C11H5Cl3F2N2/c12-8-4-9(13)11(18-10(8)14)17-7-2-5(15)1-6(16)3-7/h1-4H,(H,17,18). The summed E-state index contributed by atoms with van der Waals surface area (Å²) in [5, 5.41) is 3.08. The van der Waals surface area contributed by atoms with Crippen molar-refractivity contribution in [3.8, 4) is 0 Å². The summed E-state index contributed by atoms with van der Waals surface area (Å²) in [5.41, 5.74) is 0.167. The third-order valence-corrected chi connectivity index (χ3v) is 2.97. The SMILES string of the molecule is Fc1cc(F)cc(Nc2nc(Cl)c(Cl)cc2Cl)c1. The fourth-order valence-electron chi connectivity index (χ4n) is 1.29. The van der Waals surface area contributed by atoms with Crippen LogP contribution < -0.4 is 5.32 Å². The zero-order valence-corrected chi connectivity index (χ0v) is 10.9. The van der Waals surface area contributed by atoms with Crippen LogP contribution in [0.1, 0.15) is 0 Å². The van der Waals surface area contributed by atoms with Gasteiger partial charge in [0, 0.05) is 11.8 Å². The summed E-state index contributed by atoms with van der Waals surface area (Å²) in [6, 6.07) is 4.35.